The molecule has 1 rings (SSSR count). The van der Waals surface area contributed by atoms with Crippen molar-refractivity contribution in [3.63, 3.8) is 0 Å². The van der Waals surface area contributed by atoms with E-state index in [2.05, 4.69) is 0 Å². The molecule has 0 saturated carbocycles. The third-order valence-corrected chi connectivity index (χ3v) is 2.38. The molecule has 0 unspecified atom stereocenters. The van der Waals surface area contributed by atoms with Gasteiger partial charge in [0.15, 0.2) is 18.5 Å². The predicted octanol–water partition coefficient (Wildman–Crippen LogP) is -0.304. The number of nitrogens with two attached hydrogens (primary N) is 1. The molecule has 8 heteroatoms. The zero-order valence-corrected chi connectivity index (χ0v) is 11.0. The molecule has 0 saturated heterocycles. The third-order valence-electron chi connectivity index (χ3n) is 2.38. The molecular formula is C12H15N3O5. The zero-order valence-electron chi connectivity index (χ0n) is 11.0. The quantitative estimate of drug-likeness (QED) is 0.445. The Bertz CT molecular complexity index is 512. The van der Waals surface area contributed by atoms with Crippen LogP contribution >= 0.6 is 0 Å². The average molecular weight is 281 g/mol. The molecule has 8 nitrogen and oxygen atoms in total. The summed E-state index contributed by atoms with van der Waals surface area (Å²) in [6.45, 7) is 3.30. The number of carbonyl (C=O) groups excluding carboxylic acids is 3. The van der Waals surface area contributed by atoms with Crippen LogP contribution in [0.25, 0.3) is 0 Å². The number of carbonyl (C=O) groups is 3. The number of pyridine rings is 1. The van der Waals surface area contributed by atoms with Gasteiger partial charge in [-0.1, -0.05) is 13.8 Å². The van der Waals surface area contributed by atoms with Gasteiger partial charge in [0.05, 0.1) is 5.56 Å². The molecule has 0 aliphatic heterocycles. The van der Waals surface area contributed by atoms with E-state index in [-0.39, 0.29) is 11.5 Å². The molecular weight excluding hydrogens is 266 g/mol. The molecule has 0 aliphatic rings. The highest BCUT2D eigenvalue weighted by atomic mass is 16.5. The molecule has 1 aromatic rings. The fourth-order valence-corrected chi connectivity index (χ4v) is 1.42. The van der Waals surface area contributed by atoms with Gasteiger partial charge in [-0.05, 0) is 5.92 Å². The Hall–Kier alpha value is -2.64. The average Bonchev–Trinajstić information content (AvgIpc) is 2.35. The third kappa shape index (κ3) is 4.23. The van der Waals surface area contributed by atoms with E-state index in [4.69, 9.17) is 10.5 Å². The van der Waals surface area contributed by atoms with Crippen molar-refractivity contribution in [2.24, 2.45) is 11.7 Å². The number of esters is 1. The Labute approximate surface area is 115 Å². The molecule has 0 bridgehead atoms. The molecule has 3 N–H and O–H groups in total. The highest BCUT2D eigenvalue weighted by Gasteiger charge is 2.28. The van der Waals surface area contributed by atoms with Crippen molar-refractivity contribution < 1.29 is 23.9 Å². The van der Waals surface area contributed by atoms with Crippen molar-refractivity contribution in [1.29, 1.82) is 0 Å². The minimum absolute atomic E-state index is 0.120. The fourth-order valence-electron chi connectivity index (χ4n) is 1.42. The van der Waals surface area contributed by atoms with Crippen LogP contribution < -0.4 is 15.8 Å². The number of urea groups is 1. The van der Waals surface area contributed by atoms with Crippen LogP contribution in [0.4, 0.5) is 4.79 Å². The van der Waals surface area contributed by atoms with E-state index in [9.17, 15) is 19.6 Å². The highest BCUT2D eigenvalue weighted by molar-refractivity contribution is 5.98. The van der Waals surface area contributed by atoms with Crippen molar-refractivity contribution in [2.45, 2.75) is 20.0 Å². The second-order valence-electron chi connectivity index (χ2n) is 4.37. The lowest BCUT2D eigenvalue weighted by atomic mass is 10.1. The minimum Gasteiger partial charge on any atom is -0.619 e. The Morgan fingerprint density at radius 3 is 2.30 bits per heavy atom. The second-order valence-corrected chi connectivity index (χ2v) is 4.37. The van der Waals surface area contributed by atoms with Gasteiger partial charge in [0.25, 0.3) is 5.91 Å². The topological polar surface area (TPSA) is 125 Å². The van der Waals surface area contributed by atoms with Crippen LogP contribution in [-0.4, -0.2) is 24.0 Å². The lowest BCUT2D eigenvalue weighted by Crippen LogP contribution is -2.45. The van der Waals surface area contributed by atoms with Crippen molar-refractivity contribution >= 4 is 17.9 Å². The monoisotopic (exact) mass is 281 g/mol. The summed E-state index contributed by atoms with van der Waals surface area (Å²) in [5.41, 5.74) is 4.96. The zero-order chi connectivity index (χ0) is 15.3. The summed E-state index contributed by atoms with van der Waals surface area (Å²) in [5.74, 6) is -1.92. The van der Waals surface area contributed by atoms with Crippen molar-refractivity contribution in [3.05, 3.63) is 35.3 Å². The molecule has 0 radical (unpaired) electrons. The van der Waals surface area contributed by atoms with E-state index >= 15 is 0 Å². The van der Waals surface area contributed by atoms with Gasteiger partial charge in [-0.3, -0.25) is 10.1 Å². The predicted molar refractivity (Wildman–Crippen MR) is 67.2 cm³/mol. The maximum atomic E-state index is 11.8. The molecule has 0 aromatic carbocycles. The summed E-state index contributed by atoms with van der Waals surface area (Å²) in [5, 5.41) is 12.7. The number of hydrogen-bond acceptors (Lipinski definition) is 5. The van der Waals surface area contributed by atoms with Crippen LogP contribution in [0.3, 0.4) is 0 Å². The Morgan fingerprint density at radius 1 is 1.30 bits per heavy atom. The number of nitrogens with zero attached hydrogens (tertiary/aromatic N) is 1. The molecule has 3 amide bonds. The van der Waals surface area contributed by atoms with Crippen LogP contribution in [0.2, 0.25) is 0 Å². The Kier molecular flexibility index (Phi) is 5.01. The van der Waals surface area contributed by atoms with Crippen molar-refractivity contribution in [3.8, 4) is 0 Å². The maximum Gasteiger partial charge on any atom is 0.339 e. The van der Waals surface area contributed by atoms with Gasteiger partial charge in [-0.25, -0.2) is 9.59 Å². The van der Waals surface area contributed by atoms with Crippen LogP contribution in [0.1, 0.15) is 24.2 Å². The van der Waals surface area contributed by atoms with Gasteiger partial charge in [-0.15, -0.1) is 0 Å². The minimum atomic E-state index is -1.16. The SMILES string of the molecule is CC(C)[C@@H](OC(=O)c1cc[n+]([O-])cc1)C(=O)NC(N)=O. The molecule has 20 heavy (non-hydrogen) atoms. The fraction of sp³-hybridized carbons (Fsp3) is 0.333. The molecule has 0 aliphatic carbocycles. The Balaban J connectivity index is 2.80. The van der Waals surface area contributed by atoms with Gasteiger partial charge in [0.2, 0.25) is 0 Å². The standard InChI is InChI=1S/C12H15N3O5/c1-7(2)9(10(16)14-12(13)18)20-11(17)8-3-5-15(19)6-4-8/h3-7,9H,1-2H3,(H3,13,14,16,18)/t9-/m1/s1. The summed E-state index contributed by atoms with van der Waals surface area (Å²) < 4.78 is 5.54. The molecule has 0 fully saturated rings. The van der Waals surface area contributed by atoms with Gasteiger partial charge >= 0.3 is 12.0 Å². The van der Waals surface area contributed by atoms with E-state index < -0.39 is 24.0 Å². The molecule has 0 spiro atoms. The van der Waals surface area contributed by atoms with E-state index in [0.29, 0.717) is 4.73 Å². The first kappa shape index (κ1) is 15.4. The molecule has 108 valence electrons. The number of primary amides is 1. The molecule has 1 aromatic heterocycles. The summed E-state index contributed by atoms with van der Waals surface area (Å²) in [7, 11) is 0. The van der Waals surface area contributed by atoms with E-state index in [1.807, 2.05) is 5.32 Å². The number of amides is 3. The highest BCUT2D eigenvalue weighted by Crippen LogP contribution is 2.10. The van der Waals surface area contributed by atoms with Gasteiger partial charge < -0.3 is 15.7 Å². The normalized spacial score (nSPS) is 11.8. The summed E-state index contributed by atoms with van der Waals surface area (Å²) in [6.07, 6.45) is 1.10. The molecule has 1 atom stereocenters. The van der Waals surface area contributed by atoms with Crippen LogP contribution in [0.15, 0.2) is 24.5 Å². The summed E-state index contributed by atoms with van der Waals surface area (Å²) in [4.78, 5) is 34.1. The first-order chi connectivity index (χ1) is 9.31. The maximum absolute atomic E-state index is 11.8. The largest absolute Gasteiger partial charge is 0.619 e. The second kappa shape index (κ2) is 6.50. The number of rotatable bonds is 4. The number of hydrogen-bond donors (Lipinski definition) is 2. The van der Waals surface area contributed by atoms with Crippen LogP contribution in [0.5, 0.6) is 0 Å². The number of nitrogens with one attached hydrogen (secondary N) is 1. The van der Waals surface area contributed by atoms with Gasteiger partial charge in [-0.2, -0.15) is 4.73 Å². The van der Waals surface area contributed by atoms with E-state index in [1.165, 1.54) is 12.1 Å². The van der Waals surface area contributed by atoms with Crippen molar-refractivity contribution in [2.75, 3.05) is 0 Å². The molecule has 1 heterocycles. The smallest absolute Gasteiger partial charge is 0.339 e. The lowest BCUT2D eigenvalue weighted by Gasteiger charge is -2.19. The van der Waals surface area contributed by atoms with Gasteiger partial charge in [0, 0.05) is 12.1 Å². The Morgan fingerprint density at radius 2 is 1.85 bits per heavy atom. The summed E-state index contributed by atoms with van der Waals surface area (Å²) in [6, 6.07) is 1.50. The van der Waals surface area contributed by atoms with Crippen LogP contribution in [0, 0.1) is 11.1 Å². The van der Waals surface area contributed by atoms with Gasteiger partial charge in [0.1, 0.15) is 0 Å². The number of aromatic nitrogens is 1. The summed E-state index contributed by atoms with van der Waals surface area (Å²) >= 11 is 0. The van der Waals surface area contributed by atoms with E-state index in [1.54, 1.807) is 13.8 Å². The van der Waals surface area contributed by atoms with E-state index in [0.717, 1.165) is 12.4 Å². The van der Waals surface area contributed by atoms with Crippen LogP contribution in [-0.2, 0) is 9.53 Å². The number of ether oxygens (including phenoxy) is 1. The number of imide groups is 1. The van der Waals surface area contributed by atoms with Crippen molar-refractivity contribution in [1.82, 2.24) is 5.32 Å². The first-order valence-corrected chi connectivity index (χ1v) is 5.81. The first-order valence-electron chi connectivity index (χ1n) is 5.81. The lowest BCUT2D eigenvalue weighted by molar-refractivity contribution is -0.605.